The van der Waals surface area contributed by atoms with E-state index in [4.69, 9.17) is 9.47 Å². The highest BCUT2D eigenvalue weighted by atomic mass is 32.2. The summed E-state index contributed by atoms with van der Waals surface area (Å²) in [5.41, 5.74) is 0. The number of ether oxygens (including phenoxy) is 2. The summed E-state index contributed by atoms with van der Waals surface area (Å²) in [6.45, 7) is 3.06. The second-order valence-electron chi connectivity index (χ2n) is 5.44. The molecule has 108 valence electrons. The zero-order valence-corrected chi connectivity index (χ0v) is 12.0. The Morgan fingerprint density at radius 2 is 1.89 bits per heavy atom. The zero-order valence-electron chi connectivity index (χ0n) is 11.2. The lowest BCUT2D eigenvalue weighted by molar-refractivity contribution is -0.0952. The number of carbonyl (C=O) groups is 1. The van der Waals surface area contributed by atoms with Crippen molar-refractivity contribution in [2.24, 2.45) is 5.92 Å². The smallest absolute Gasteiger partial charge is 0.317 e. The molecule has 2 amide bonds. The first-order valence-electron chi connectivity index (χ1n) is 7.19. The van der Waals surface area contributed by atoms with Crippen molar-refractivity contribution in [3.05, 3.63) is 0 Å². The maximum atomic E-state index is 12.1. The predicted molar refractivity (Wildman–Crippen MR) is 74.3 cm³/mol. The lowest BCUT2D eigenvalue weighted by Crippen LogP contribution is -2.49. The van der Waals surface area contributed by atoms with Crippen LogP contribution in [0.2, 0.25) is 0 Å². The number of nitrogens with one attached hydrogen (secondary N) is 1. The molecule has 0 saturated carbocycles. The van der Waals surface area contributed by atoms with Crippen LogP contribution in [0.3, 0.4) is 0 Å². The van der Waals surface area contributed by atoms with Crippen LogP contribution in [-0.4, -0.2) is 61.1 Å². The maximum Gasteiger partial charge on any atom is 0.317 e. The molecule has 3 saturated heterocycles. The molecule has 1 atom stereocenters. The van der Waals surface area contributed by atoms with Gasteiger partial charge in [0.25, 0.3) is 0 Å². The first-order valence-corrected chi connectivity index (χ1v) is 8.35. The van der Waals surface area contributed by atoms with Gasteiger partial charge in [0.05, 0.1) is 13.2 Å². The molecule has 0 aromatic rings. The summed E-state index contributed by atoms with van der Waals surface area (Å²) >= 11 is 1.92. The maximum absolute atomic E-state index is 12.1. The zero-order chi connectivity index (χ0) is 13.1. The van der Waals surface area contributed by atoms with E-state index < -0.39 is 0 Å². The highest BCUT2D eigenvalue weighted by Gasteiger charge is 2.32. The number of amides is 2. The SMILES string of the molecule is O=C(N[C@H]1CCSC1)N1CCC(C2OCCO2)CC1. The van der Waals surface area contributed by atoms with Crippen LogP contribution in [0, 0.1) is 5.92 Å². The van der Waals surface area contributed by atoms with Gasteiger partial charge in [-0.05, 0) is 25.0 Å². The molecule has 6 heteroatoms. The first kappa shape index (κ1) is 13.5. The van der Waals surface area contributed by atoms with Crippen LogP contribution in [0.5, 0.6) is 0 Å². The van der Waals surface area contributed by atoms with Crippen molar-refractivity contribution in [3.8, 4) is 0 Å². The standard InChI is InChI=1S/C13H22N2O3S/c16-13(14-11-3-8-19-9-11)15-4-1-10(2-5-15)12-17-6-7-18-12/h10-12H,1-9H2,(H,14,16)/t11-/m0/s1. The van der Waals surface area contributed by atoms with Crippen LogP contribution in [0.1, 0.15) is 19.3 Å². The van der Waals surface area contributed by atoms with E-state index in [2.05, 4.69) is 5.32 Å². The van der Waals surface area contributed by atoms with Gasteiger partial charge in [0.2, 0.25) is 0 Å². The molecule has 0 aliphatic carbocycles. The van der Waals surface area contributed by atoms with Gasteiger partial charge >= 0.3 is 6.03 Å². The number of likely N-dealkylation sites (tertiary alicyclic amines) is 1. The van der Waals surface area contributed by atoms with Crippen LogP contribution in [0.15, 0.2) is 0 Å². The van der Waals surface area contributed by atoms with Gasteiger partial charge in [-0.3, -0.25) is 0 Å². The van der Waals surface area contributed by atoms with Gasteiger partial charge in [0.1, 0.15) is 0 Å². The summed E-state index contributed by atoms with van der Waals surface area (Å²) in [4.78, 5) is 14.1. The molecule has 0 spiro atoms. The summed E-state index contributed by atoms with van der Waals surface area (Å²) in [7, 11) is 0. The molecule has 0 aromatic heterocycles. The second kappa shape index (κ2) is 6.33. The molecule has 19 heavy (non-hydrogen) atoms. The number of rotatable bonds is 2. The summed E-state index contributed by atoms with van der Waals surface area (Å²) in [6.07, 6.45) is 3.04. The van der Waals surface area contributed by atoms with Crippen LogP contribution >= 0.6 is 11.8 Å². The minimum Gasteiger partial charge on any atom is -0.350 e. The Bertz CT molecular complexity index is 309. The number of carbonyl (C=O) groups excluding carboxylic acids is 1. The Kier molecular flexibility index (Phi) is 4.50. The van der Waals surface area contributed by atoms with E-state index in [1.54, 1.807) is 0 Å². The largest absolute Gasteiger partial charge is 0.350 e. The van der Waals surface area contributed by atoms with Crippen molar-refractivity contribution >= 4 is 17.8 Å². The fourth-order valence-electron chi connectivity index (χ4n) is 2.94. The van der Waals surface area contributed by atoms with Gasteiger partial charge in [-0.2, -0.15) is 11.8 Å². The van der Waals surface area contributed by atoms with Crippen LogP contribution in [0.4, 0.5) is 4.79 Å². The Balaban J connectivity index is 1.42. The molecule has 1 N–H and O–H groups in total. The fourth-order valence-corrected chi connectivity index (χ4v) is 4.09. The van der Waals surface area contributed by atoms with E-state index in [1.807, 2.05) is 16.7 Å². The van der Waals surface area contributed by atoms with Gasteiger partial charge in [-0.15, -0.1) is 0 Å². The van der Waals surface area contributed by atoms with Crippen molar-refractivity contribution in [1.29, 1.82) is 0 Å². The monoisotopic (exact) mass is 286 g/mol. The molecule has 3 aliphatic heterocycles. The van der Waals surface area contributed by atoms with Crippen molar-refractivity contribution in [3.63, 3.8) is 0 Å². The number of urea groups is 1. The average Bonchev–Trinajstić information content (AvgIpc) is 3.12. The minimum atomic E-state index is -0.0311. The molecular formula is C13H22N2O3S. The van der Waals surface area contributed by atoms with E-state index in [1.165, 1.54) is 5.75 Å². The topological polar surface area (TPSA) is 50.8 Å². The summed E-state index contributed by atoms with van der Waals surface area (Å²) in [5, 5.41) is 3.14. The highest BCUT2D eigenvalue weighted by molar-refractivity contribution is 7.99. The number of piperidine rings is 1. The Morgan fingerprint density at radius 1 is 1.16 bits per heavy atom. The molecule has 0 bridgehead atoms. The number of thioether (sulfide) groups is 1. The van der Waals surface area contributed by atoms with Crippen molar-refractivity contribution in [2.45, 2.75) is 31.6 Å². The minimum absolute atomic E-state index is 0.0311. The highest BCUT2D eigenvalue weighted by Crippen LogP contribution is 2.26. The van der Waals surface area contributed by atoms with E-state index in [9.17, 15) is 4.79 Å². The first-order chi connectivity index (χ1) is 9.33. The van der Waals surface area contributed by atoms with Gasteiger partial charge < -0.3 is 19.7 Å². The van der Waals surface area contributed by atoms with Gasteiger partial charge in [-0.1, -0.05) is 0 Å². The Hall–Kier alpha value is -0.460. The van der Waals surface area contributed by atoms with Crippen LogP contribution in [0.25, 0.3) is 0 Å². The number of hydrogen-bond donors (Lipinski definition) is 1. The molecule has 3 heterocycles. The van der Waals surface area contributed by atoms with Crippen molar-refractivity contribution in [2.75, 3.05) is 37.8 Å². The lowest BCUT2D eigenvalue weighted by atomic mass is 9.96. The number of nitrogens with zero attached hydrogens (tertiary/aromatic N) is 1. The van der Waals surface area contributed by atoms with E-state index in [0.717, 1.165) is 38.1 Å². The fraction of sp³-hybridized carbons (Fsp3) is 0.923. The molecule has 0 aromatic carbocycles. The van der Waals surface area contributed by atoms with Gasteiger partial charge in [0, 0.05) is 30.8 Å². The molecular weight excluding hydrogens is 264 g/mol. The molecule has 3 rings (SSSR count). The van der Waals surface area contributed by atoms with Crippen molar-refractivity contribution in [1.82, 2.24) is 10.2 Å². The van der Waals surface area contributed by atoms with Crippen LogP contribution < -0.4 is 5.32 Å². The Morgan fingerprint density at radius 3 is 2.53 bits per heavy atom. The predicted octanol–water partition coefficient (Wildman–Crippen LogP) is 1.29. The van der Waals surface area contributed by atoms with Crippen molar-refractivity contribution < 1.29 is 14.3 Å². The van der Waals surface area contributed by atoms with E-state index >= 15 is 0 Å². The van der Waals surface area contributed by atoms with Crippen LogP contribution in [-0.2, 0) is 9.47 Å². The summed E-state index contributed by atoms with van der Waals surface area (Å²) < 4.78 is 11.1. The van der Waals surface area contributed by atoms with E-state index in [0.29, 0.717) is 25.2 Å². The molecule has 5 nitrogen and oxygen atoms in total. The molecule has 3 aliphatic rings. The summed E-state index contributed by atoms with van der Waals surface area (Å²) in [6, 6.07) is 0.482. The number of hydrogen-bond acceptors (Lipinski definition) is 4. The van der Waals surface area contributed by atoms with Gasteiger partial charge in [-0.25, -0.2) is 4.79 Å². The van der Waals surface area contributed by atoms with Gasteiger partial charge in [0.15, 0.2) is 6.29 Å². The lowest BCUT2D eigenvalue weighted by Gasteiger charge is -2.34. The average molecular weight is 286 g/mol. The third kappa shape index (κ3) is 3.35. The molecule has 3 fully saturated rings. The molecule has 0 radical (unpaired) electrons. The normalized spacial score (nSPS) is 29.9. The summed E-state index contributed by atoms with van der Waals surface area (Å²) in [5.74, 6) is 2.68. The quantitative estimate of drug-likeness (QED) is 0.831. The Labute approximate surface area is 118 Å². The third-order valence-electron chi connectivity index (χ3n) is 4.12. The second-order valence-corrected chi connectivity index (χ2v) is 6.59. The molecule has 0 unspecified atom stereocenters. The third-order valence-corrected chi connectivity index (χ3v) is 5.28. The van der Waals surface area contributed by atoms with E-state index in [-0.39, 0.29) is 12.3 Å².